The Bertz CT molecular complexity index is 243. The molecule has 1 heterocycles. The zero-order valence-electron chi connectivity index (χ0n) is 7.26. The van der Waals surface area contributed by atoms with Crippen LogP contribution in [0.1, 0.15) is 11.3 Å². The number of hydrogen-bond donors (Lipinski definition) is 1. The first kappa shape index (κ1) is 12.3. The molecule has 74 valence electrons. The maximum absolute atomic E-state index is 11.9. The molecule has 0 radical (unpaired) electrons. The van der Waals surface area contributed by atoms with Gasteiger partial charge >= 0.3 is 6.18 Å². The fourth-order valence-electron chi connectivity index (χ4n) is 0.635. The van der Waals surface area contributed by atoms with E-state index in [-0.39, 0.29) is 0 Å². The van der Waals surface area contributed by atoms with Crippen LogP contribution in [0, 0.1) is 6.92 Å². The Labute approximate surface area is 80.4 Å². The zero-order chi connectivity index (χ0) is 10.5. The molecule has 0 saturated heterocycles. The van der Waals surface area contributed by atoms with E-state index >= 15 is 0 Å². The number of rotatable bonds is 0. The smallest absolute Gasteiger partial charge is 0.261 e. The van der Waals surface area contributed by atoms with Crippen molar-refractivity contribution in [1.82, 2.24) is 4.98 Å². The number of thiol groups is 1. The van der Waals surface area contributed by atoms with Crippen LogP contribution in [0.5, 0.6) is 0 Å². The Morgan fingerprint density at radius 1 is 1.23 bits per heavy atom. The molecule has 1 aromatic rings. The molecule has 0 aliphatic carbocycles. The van der Waals surface area contributed by atoms with E-state index in [9.17, 15) is 13.2 Å². The SMILES string of the molecule is CS.Cc1ccc(C(F)(F)F)cn1. The quantitative estimate of drug-likeness (QED) is 0.648. The van der Waals surface area contributed by atoms with Crippen molar-refractivity contribution in [3.05, 3.63) is 29.6 Å². The van der Waals surface area contributed by atoms with E-state index in [1.165, 1.54) is 6.07 Å². The molecule has 1 nitrogen and oxygen atoms in total. The first-order valence-electron chi connectivity index (χ1n) is 3.45. The predicted octanol–water partition coefficient (Wildman–Crippen LogP) is 2.95. The summed E-state index contributed by atoms with van der Waals surface area (Å²) in [6.07, 6.45) is -1.75. The molecule has 0 amide bonds. The summed E-state index contributed by atoms with van der Waals surface area (Å²) in [6, 6.07) is 2.35. The van der Waals surface area contributed by atoms with Gasteiger partial charge in [-0.15, -0.1) is 0 Å². The fourth-order valence-corrected chi connectivity index (χ4v) is 0.635. The molecule has 0 aliphatic rings. The minimum atomic E-state index is -4.28. The normalized spacial score (nSPS) is 10.3. The Morgan fingerprint density at radius 3 is 2.08 bits per heavy atom. The van der Waals surface area contributed by atoms with Gasteiger partial charge in [-0.2, -0.15) is 25.8 Å². The molecule has 0 saturated carbocycles. The second-order valence-electron chi connectivity index (χ2n) is 2.19. The summed E-state index contributed by atoms with van der Waals surface area (Å²) >= 11 is 3.53. The Morgan fingerprint density at radius 2 is 1.77 bits per heavy atom. The number of alkyl halides is 3. The molecule has 1 aromatic heterocycles. The number of pyridine rings is 1. The molecule has 13 heavy (non-hydrogen) atoms. The number of halogens is 3. The Hall–Kier alpha value is -0.710. The van der Waals surface area contributed by atoms with Gasteiger partial charge in [-0.25, -0.2) is 0 Å². The van der Waals surface area contributed by atoms with E-state index in [0.717, 1.165) is 12.3 Å². The maximum atomic E-state index is 11.9. The lowest BCUT2D eigenvalue weighted by atomic mass is 10.2. The van der Waals surface area contributed by atoms with Crippen molar-refractivity contribution >= 4 is 12.6 Å². The molecule has 0 bridgehead atoms. The molecule has 0 fully saturated rings. The summed E-state index contributed by atoms with van der Waals surface area (Å²) in [5, 5.41) is 0. The van der Waals surface area contributed by atoms with Crippen molar-refractivity contribution in [3.63, 3.8) is 0 Å². The van der Waals surface area contributed by atoms with E-state index < -0.39 is 11.7 Å². The van der Waals surface area contributed by atoms with Gasteiger partial charge in [0.25, 0.3) is 0 Å². The summed E-state index contributed by atoms with van der Waals surface area (Å²) in [4.78, 5) is 3.53. The summed E-state index contributed by atoms with van der Waals surface area (Å²) in [5.41, 5.74) is -0.124. The average Bonchev–Trinajstić information content (AvgIpc) is 2.07. The lowest BCUT2D eigenvalue weighted by molar-refractivity contribution is -0.137. The molecule has 0 atom stereocenters. The van der Waals surface area contributed by atoms with E-state index in [1.807, 2.05) is 0 Å². The van der Waals surface area contributed by atoms with Crippen LogP contribution in [0.3, 0.4) is 0 Å². The molecule has 1 rings (SSSR count). The minimum absolute atomic E-state index is 0.581. The van der Waals surface area contributed by atoms with Gasteiger partial charge in [0.1, 0.15) is 0 Å². The molecule has 0 unspecified atom stereocenters. The van der Waals surface area contributed by atoms with Crippen LogP contribution in [0.15, 0.2) is 18.3 Å². The summed E-state index contributed by atoms with van der Waals surface area (Å²) in [7, 11) is 0. The predicted molar refractivity (Wildman–Crippen MR) is 48.9 cm³/mol. The molecular weight excluding hydrogens is 199 g/mol. The van der Waals surface area contributed by atoms with E-state index in [0.29, 0.717) is 5.69 Å². The van der Waals surface area contributed by atoms with Crippen molar-refractivity contribution in [3.8, 4) is 0 Å². The maximum Gasteiger partial charge on any atom is 0.417 e. The van der Waals surface area contributed by atoms with Crippen LogP contribution in [-0.4, -0.2) is 11.2 Å². The van der Waals surface area contributed by atoms with Crippen molar-refractivity contribution in [2.24, 2.45) is 0 Å². The first-order valence-corrected chi connectivity index (χ1v) is 4.34. The number of nitrogens with zero attached hydrogens (tertiary/aromatic N) is 1. The highest BCUT2D eigenvalue weighted by Gasteiger charge is 2.30. The Balaban J connectivity index is 0.000000671. The van der Waals surface area contributed by atoms with Crippen LogP contribution in [0.25, 0.3) is 0 Å². The molecule has 0 N–H and O–H groups in total. The van der Waals surface area contributed by atoms with Crippen molar-refractivity contribution in [2.75, 3.05) is 6.26 Å². The van der Waals surface area contributed by atoms with E-state index in [4.69, 9.17) is 0 Å². The van der Waals surface area contributed by atoms with Gasteiger partial charge in [-0.3, -0.25) is 4.98 Å². The second-order valence-corrected chi connectivity index (χ2v) is 2.19. The fraction of sp³-hybridized carbons (Fsp3) is 0.375. The summed E-state index contributed by atoms with van der Waals surface area (Å²) < 4.78 is 35.6. The largest absolute Gasteiger partial charge is 0.417 e. The second kappa shape index (κ2) is 5.11. The van der Waals surface area contributed by atoms with Crippen molar-refractivity contribution in [1.29, 1.82) is 0 Å². The van der Waals surface area contributed by atoms with Gasteiger partial charge in [0.15, 0.2) is 0 Å². The Kier molecular flexibility index (Phi) is 4.83. The third-order valence-electron chi connectivity index (χ3n) is 1.24. The lowest BCUT2D eigenvalue weighted by Crippen LogP contribution is -2.05. The lowest BCUT2D eigenvalue weighted by Gasteiger charge is -2.04. The molecule has 0 spiro atoms. The van der Waals surface area contributed by atoms with E-state index in [2.05, 4.69) is 17.6 Å². The van der Waals surface area contributed by atoms with Crippen LogP contribution in [-0.2, 0) is 6.18 Å². The zero-order valence-corrected chi connectivity index (χ0v) is 8.15. The average molecular weight is 209 g/mol. The van der Waals surface area contributed by atoms with Gasteiger partial charge in [-0.05, 0) is 25.3 Å². The van der Waals surface area contributed by atoms with Gasteiger partial charge in [0, 0.05) is 11.9 Å². The highest BCUT2D eigenvalue weighted by molar-refractivity contribution is 7.79. The van der Waals surface area contributed by atoms with Crippen LogP contribution in [0.2, 0.25) is 0 Å². The van der Waals surface area contributed by atoms with Gasteiger partial charge in [0.2, 0.25) is 0 Å². The third-order valence-corrected chi connectivity index (χ3v) is 1.24. The number of hydrogen-bond acceptors (Lipinski definition) is 2. The topological polar surface area (TPSA) is 12.9 Å². The number of aryl methyl sites for hydroxylation is 1. The standard InChI is InChI=1S/C7H6F3N.CH4S/c1-5-2-3-6(4-11-5)7(8,9)10;1-2/h2-4H,1H3;2H,1H3. The molecule has 0 aromatic carbocycles. The van der Waals surface area contributed by atoms with Gasteiger partial charge < -0.3 is 0 Å². The van der Waals surface area contributed by atoms with Crippen LogP contribution < -0.4 is 0 Å². The molecular formula is C8H10F3NS. The minimum Gasteiger partial charge on any atom is -0.261 e. The monoisotopic (exact) mass is 209 g/mol. The van der Waals surface area contributed by atoms with Gasteiger partial charge in [0.05, 0.1) is 5.56 Å². The highest BCUT2D eigenvalue weighted by atomic mass is 32.1. The van der Waals surface area contributed by atoms with Gasteiger partial charge in [-0.1, -0.05) is 0 Å². The number of aromatic nitrogens is 1. The summed E-state index contributed by atoms with van der Waals surface area (Å²) in [5.74, 6) is 0. The van der Waals surface area contributed by atoms with Crippen molar-refractivity contribution in [2.45, 2.75) is 13.1 Å². The molecule has 5 heteroatoms. The van der Waals surface area contributed by atoms with Crippen molar-refractivity contribution < 1.29 is 13.2 Å². The third kappa shape index (κ3) is 4.17. The first-order chi connectivity index (χ1) is 6.00. The summed E-state index contributed by atoms with van der Waals surface area (Å²) in [6.45, 7) is 1.64. The van der Waals surface area contributed by atoms with E-state index in [1.54, 1.807) is 13.2 Å². The van der Waals surface area contributed by atoms with Crippen LogP contribution >= 0.6 is 12.6 Å². The molecule has 0 aliphatic heterocycles. The highest BCUT2D eigenvalue weighted by Crippen LogP contribution is 2.28. The van der Waals surface area contributed by atoms with Crippen LogP contribution in [0.4, 0.5) is 13.2 Å².